The van der Waals surface area contributed by atoms with Gasteiger partial charge >= 0.3 is 0 Å². The summed E-state index contributed by atoms with van der Waals surface area (Å²) in [6.45, 7) is 0.173. The number of ether oxygens (including phenoxy) is 4. The number of halogens is 1. The Kier molecular flexibility index (Phi) is 4.61. The second-order valence-corrected chi connectivity index (χ2v) is 5.42. The Labute approximate surface area is 145 Å². The zero-order chi connectivity index (χ0) is 18.0. The summed E-state index contributed by atoms with van der Waals surface area (Å²) in [5, 5.41) is 8.38. The molecule has 0 fully saturated rings. The highest BCUT2D eigenvalue weighted by molar-refractivity contribution is 6.15. The standard InChI is InChI=1S/C19H18FNO4/c1-22-15-9-18(24-3)17(23-2)7-11(15)6-12-10-25-16-8-13(20)4-5-14(16)19(12)21/h4-9,21H,10H2,1-3H3/b12-6-,21-19?. The van der Waals surface area contributed by atoms with Crippen LogP contribution in [0.2, 0.25) is 0 Å². The van der Waals surface area contributed by atoms with Gasteiger partial charge in [0.2, 0.25) is 0 Å². The van der Waals surface area contributed by atoms with Crippen molar-refractivity contribution in [2.24, 2.45) is 0 Å². The van der Waals surface area contributed by atoms with Gasteiger partial charge in [-0.15, -0.1) is 0 Å². The molecule has 0 atom stereocenters. The van der Waals surface area contributed by atoms with Gasteiger partial charge in [0, 0.05) is 28.8 Å². The largest absolute Gasteiger partial charge is 0.496 e. The minimum absolute atomic E-state index is 0.173. The second-order valence-electron chi connectivity index (χ2n) is 5.42. The Balaban J connectivity index is 2.03. The molecule has 1 aliphatic heterocycles. The molecule has 0 amide bonds. The van der Waals surface area contributed by atoms with Crippen molar-refractivity contribution in [3.8, 4) is 23.0 Å². The van der Waals surface area contributed by atoms with Gasteiger partial charge in [0.1, 0.15) is 23.9 Å². The molecule has 0 radical (unpaired) electrons. The lowest BCUT2D eigenvalue weighted by Crippen LogP contribution is -2.19. The van der Waals surface area contributed by atoms with E-state index in [0.29, 0.717) is 34.1 Å². The Morgan fingerprint density at radius 2 is 1.68 bits per heavy atom. The monoisotopic (exact) mass is 343 g/mol. The van der Waals surface area contributed by atoms with Gasteiger partial charge in [-0.2, -0.15) is 0 Å². The van der Waals surface area contributed by atoms with Crippen molar-refractivity contribution >= 4 is 11.8 Å². The quantitative estimate of drug-likeness (QED) is 0.920. The van der Waals surface area contributed by atoms with Crippen molar-refractivity contribution in [3.63, 3.8) is 0 Å². The molecule has 1 heterocycles. The molecule has 0 aromatic heterocycles. The first-order valence-corrected chi connectivity index (χ1v) is 7.59. The van der Waals surface area contributed by atoms with Crippen LogP contribution >= 0.6 is 0 Å². The van der Waals surface area contributed by atoms with Crippen LogP contribution in [0.4, 0.5) is 4.39 Å². The lowest BCUT2D eigenvalue weighted by Gasteiger charge is -2.21. The van der Waals surface area contributed by atoms with Crippen molar-refractivity contribution in [2.75, 3.05) is 27.9 Å². The third-order valence-corrected chi connectivity index (χ3v) is 3.98. The van der Waals surface area contributed by atoms with E-state index in [1.54, 1.807) is 45.6 Å². The molecule has 6 heteroatoms. The van der Waals surface area contributed by atoms with E-state index in [4.69, 9.17) is 24.4 Å². The van der Waals surface area contributed by atoms with Crippen LogP contribution in [0.5, 0.6) is 23.0 Å². The third kappa shape index (κ3) is 3.15. The zero-order valence-electron chi connectivity index (χ0n) is 14.2. The number of hydrogen-bond acceptors (Lipinski definition) is 5. The maximum atomic E-state index is 13.3. The summed E-state index contributed by atoms with van der Waals surface area (Å²) >= 11 is 0. The minimum Gasteiger partial charge on any atom is -0.496 e. The number of benzene rings is 2. The van der Waals surface area contributed by atoms with Gasteiger partial charge in [-0.05, 0) is 24.3 Å². The predicted molar refractivity (Wildman–Crippen MR) is 92.8 cm³/mol. The Hall–Kier alpha value is -3.02. The number of rotatable bonds is 4. The smallest absolute Gasteiger partial charge is 0.164 e. The highest BCUT2D eigenvalue weighted by atomic mass is 19.1. The van der Waals surface area contributed by atoms with E-state index in [1.165, 1.54) is 12.1 Å². The van der Waals surface area contributed by atoms with Crippen LogP contribution < -0.4 is 18.9 Å². The van der Waals surface area contributed by atoms with Crippen LogP contribution in [-0.2, 0) is 0 Å². The number of nitrogens with one attached hydrogen (secondary N) is 1. The lowest BCUT2D eigenvalue weighted by atomic mass is 9.97. The average Bonchev–Trinajstić information content (AvgIpc) is 2.63. The summed E-state index contributed by atoms with van der Waals surface area (Å²) in [4.78, 5) is 0. The number of hydrogen-bond donors (Lipinski definition) is 1. The molecular weight excluding hydrogens is 325 g/mol. The second kappa shape index (κ2) is 6.84. The average molecular weight is 343 g/mol. The van der Waals surface area contributed by atoms with E-state index >= 15 is 0 Å². The maximum absolute atomic E-state index is 13.3. The van der Waals surface area contributed by atoms with Crippen LogP contribution in [0.1, 0.15) is 11.1 Å². The molecule has 5 nitrogen and oxygen atoms in total. The molecule has 3 rings (SSSR count). The molecule has 2 aromatic rings. The fourth-order valence-corrected chi connectivity index (χ4v) is 2.69. The van der Waals surface area contributed by atoms with Crippen molar-refractivity contribution in [1.82, 2.24) is 0 Å². The first kappa shape index (κ1) is 16.8. The van der Waals surface area contributed by atoms with E-state index in [1.807, 2.05) is 0 Å². The fraction of sp³-hybridized carbons (Fsp3) is 0.211. The molecule has 25 heavy (non-hydrogen) atoms. The van der Waals surface area contributed by atoms with E-state index < -0.39 is 0 Å². The van der Waals surface area contributed by atoms with E-state index in [2.05, 4.69) is 0 Å². The molecule has 0 unspecified atom stereocenters. The topological polar surface area (TPSA) is 60.8 Å². The lowest BCUT2D eigenvalue weighted by molar-refractivity contribution is 0.347. The number of methoxy groups -OCH3 is 3. The summed E-state index contributed by atoms with van der Waals surface area (Å²) in [6.07, 6.45) is 1.80. The summed E-state index contributed by atoms with van der Waals surface area (Å²) in [6, 6.07) is 7.65. The molecular formula is C19H18FNO4. The Morgan fingerprint density at radius 3 is 2.36 bits per heavy atom. The van der Waals surface area contributed by atoms with Crippen LogP contribution in [-0.4, -0.2) is 33.6 Å². The van der Waals surface area contributed by atoms with Gasteiger partial charge in [-0.3, -0.25) is 5.41 Å². The van der Waals surface area contributed by atoms with Gasteiger partial charge in [0.15, 0.2) is 11.5 Å². The Morgan fingerprint density at radius 1 is 1.00 bits per heavy atom. The molecule has 0 aliphatic carbocycles. The predicted octanol–water partition coefficient (Wildman–Crippen LogP) is 3.70. The van der Waals surface area contributed by atoms with Gasteiger partial charge in [0.05, 0.1) is 27.0 Å². The molecule has 0 spiro atoms. The van der Waals surface area contributed by atoms with Crippen LogP contribution in [0.25, 0.3) is 6.08 Å². The summed E-state index contributed by atoms with van der Waals surface area (Å²) < 4.78 is 34.9. The normalized spacial score (nSPS) is 14.7. The molecule has 0 saturated carbocycles. The maximum Gasteiger partial charge on any atom is 0.164 e. The van der Waals surface area contributed by atoms with Crippen molar-refractivity contribution in [1.29, 1.82) is 5.41 Å². The molecule has 130 valence electrons. The summed E-state index contributed by atoms with van der Waals surface area (Å²) in [7, 11) is 4.66. The van der Waals surface area contributed by atoms with Crippen LogP contribution in [0.15, 0.2) is 35.9 Å². The molecule has 1 N–H and O–H groups in total. The SMILES string of the molecule is COc1cc(OC)c(OC)cc1/C=C1/COc2cc(F)ccc2C1=N. The first-order chi connectivity index (χ1) is 12.1. The van der Waals surface area contributed by atoms with Crippen molar-refractivity contribution < 1.29 is 23.3 Å². The van der Waals surface area contributed by atoms with Gasteiger partial charge in [-0.1, -0.05) is 0 Å². The summed E-state index contributed by atoms with van der Waals surface area (Å²) in [5.41, 5.74) is 2.23. The van der Waals surface area contributed by atoms with Gasteiger partial charge in [-0.25, -0.2) is 4.39 Å². The van der Waals surface area contributed by atoms with E-state index in [-0.39, 0.29) is 18.1 Å². The van der Waals surface area contributed by atoms with Gasteiger partial charge in [0.25, 0.3) is 0 Å². The fourth-order valence-electron chi connectivity index (χ4n) is 2.69. The first-order valence-electron chi connectivity index (χ1n) is 7.59. The molecule has 0 saturated heterocycles. The zero-order valence-corrected chi connectivity index (χ0v) is 14.2. The van der Waals surface area contributed by atoms with Crippen LogP contribution in [0.3, 0.4) is 0 Å². The molecule has 2 aromatic carbocycles. The summed E-state index contributed by atoms with van der Waals surface area (Å²) in [5.74, 6) is 1.68. The highest BCUT2D eigenvalue weighted by Gasteiger charge is 2.21. The van der Waals surface area contributed by atoms with Crippen molar-refractivity contribution in [3.05, 3.63) is 52.8 Å². The third-order valence-electron chi connectivity index (χ3n) is 3.98. The Bertz CT molecular complexity index is 861. The van der Waals surface area contributed by atoms with Gasteiger partial charge < -0.3 is 18.9 Å². The van der Waals surface area contributed by atoms with Crippen LogP contribution in [0, 0.1) is 11.2 Å². The highest BCUT2D eigenvalue weighted by Crippen LogP contribution is 2.37. The van der Waals surface area contributed by atoms with E-state index in [0.717, 1.165) is 5.56 Å². The van der Waals surface area contributed by atoms with E-state index in [9.17, 15) is 4.39 Å². The molecule has 0 bridgehead atoms. The minimum atomic E-state index is -0.388. The number of fused-ring (bicyclic) bond motifs is 1. The van der Waals surface area contributed by atoms with Crippen molar-refractivity contribution in [2.45, 2.75) is 0 Å². The molecule has 1 aliphatic rings.